The van der Waals surface area contributed by atoms with Gasteiger partial charge in [0.05, 0.1) is 17.6 Å². The molecule has 1 aliphatic heterocycles. The number of carbonyl (C=O) groups excluding carboxylic acids is 2. The zero-order valence-electron chi connectivity index (χ0n) is 22.7. The van der Waals surface area contributed by atoms with Gasteiger partial charge in [0.2, 0.25) is 0 Å². The molecule has 3 aromatic rings. The number of H-pyrrole nitrogens is 1. The van der Waals surface area contributed by atoms with Crippen molar-refractivity contribution in [3.63, 3.8) is 0 Å². The number of hydrogen-bond donors (Lipinski definition) is 1. The van der Waals surface area contributed by atoms with Crippen molar-refractivity contribution in [2.45, 2.75) is 64.4 Å². The summed E-state index contributed by atoms with van der Waals surface area (Å²) in [5.74, 6) is 1.90. The molecule has 1 N–H and O–H groups in total. The van der Waals surface area contributed by atoms with E-state index >= 15 is 0 Å². The number of aryl methyl sites for hydroxylation is 1. The Morgan fingerprint density at radius 3 is 2.50 bits per heavy atom. The number of imidazole rings is 1. The summed E-state index contributed by atoms with van der Waals surface area (Å²) >= 11 is 0. The fraction of sp³-hybridized carbons (Fsp3) is 0.500. The Morgan fingerprint density at radius 1 is 1.00 bits per heavy atom. The van der Waals surface area contributed by atoms with Gasteiger partial charge in [-0.3, -0.25) is 4.79 Å². The van der Waals surface area contributed by atoms with Crippen molar-refractivity contribution in [2.24, 2.45) is 0 Å². The van der Waals surface area contributed by atoms with E-state index in [1.165, 1.54) is 24.0 Å². The minimum Gasteiger partial charge on any atom is -0.494 e. The summed E-state index contributed by atoms with van der Waals surface area (Å²) in [6.45, 7) is 8.05. The normalized spacial score (nSPS) is 16.1. The molecule has 202 valence electrons. The third-order valence-electron chi connectivity index (χ3n) is 7.00. The summed E-state index contributed by atoms with van der Waals surface area (Å²) < 4.78 is 11.4. The Balaban J connectivity index is 1.09. The Bertz CT molecular complexity index is 1280. The summed E-state index contributed by atoms with van der Waals surface area (Å²) in [6.07, 6.45) is 5.20. The number of ether oxygens (including phenoxy) is 2. The minimum atomic E-state index is -0.535. The summed E-state index contributed by atoms with van der Waals surface area (Å²) in [7, 11) is 0. The molecular weight excluding hydrogens is 480 g/mol. The SMILES string of the molecule is CC(C)(C)OC(=O)N1CCN(C(=O)c2nc3ccc(CCCCOc4cccc(C5CC5)c4)cc3[nH]2)CC1. The van der Waals surface area contributed by atoms with E-state index in [0.717, 1.165) is 42.0 Å². The number of unbranched alkanes of at least 4 members (excludes halogenated alkanes) is 1. The van der Waals surface area contributed by atoms with Gasteiger partial charge in [0.15, 0.2) is 5.82 Å². The number of benzene rings is 2. The Kier molecular flexibility index (Phi) is 7.58. The van der Waals surface area contributed by atoms with Crippen LogP contribution >= 0.6 is 0 Å². The molecule has 2 heterocycles. The molecule has 8 heteroatoms. The van der Waals surface area contributed by atoms with Gasteiger partial charge in [-0.1, -0.05) is 18.2 Å². The lowest BCUT2D eigenvalue weighted by molar-refractivity contribution is 0.0139. The van der Waals surface area contributed by atoms with E-state index in [-0.39, 0.29) is 12.0 Å². The van der Waals surface area contributed by atoms with Crippen LogP contribution in [-0.2, 0) is 11.2 Å². The van der Waals surface area contributed by atoms with E-state index in [4.69, 9.17) is 9.47 Å². The van der Waals surface area contributed by atoms with Gasteiger partial charge in [-0.25, -0.2) is 9.78 Å². The molecule has 2 amide bonds. The van der Waals surface area contributed by atoms with Gasteiger partial charge in [-0.2, -0.15) is 0 Å². The van der Waals surface area contributed by atoms with E-state index in [1.807, 2.05) is 32.9 Å². The number of aromatic nitrogens is 2. The van der Waals surface area contributed by atoms with Crippen molar-refractivity contribution in [1.82, 2.24) is 19.8 Å². The average molecular weight is 519 g/mol. The van der Waals surface area contributed by atoms with Gasteiger partial charge in [0.25, 0.3) is 5.91 Å². The topological polar surface area (TPSA) is 87.8 Å². The molecular formula is C30H38N4O4. The van der Waals surface area contributed by atoms with Crippen LogP contribution in [0.15, 0.2) is 42.5 Å². The van der Waals surface area contributed by atoms with Crippen LogP contribution in [0.2, 0.25) is 0 Å². The molecule has 1 aliphatic carbocycles. The first kappa shape index (κ1) is 26.1. The van der Waals surface area contributed by atoms with Crippen molar-refractivity contribution in [1.29, 1.82) is 0 Å². The number of hydrogen-bond acceptors (Lipinski definition) is 5. The number of nitrogens with zero attached hydrogens (tertiary/aromatic N) is 3. The molecule has 0 spiro atoms. The first-order valence-corrected chi connectivity index (χ1v) is 13.7. The number of fused-ring (bicyclic) bond motifs is 1. The third kappa shape index (κ3) is 6.65. The maximum atomic E-state index is 13.1. The lowest BCUT2D eigenvalue weighted by atomic mass is 10.1. The van der Waals surface area contributed by atoms with Crippen LogP contribution in [0.25, 0.3) is 11.0 Å². The number of aromatic amines is 1. The van der Waals surface area contributed by atoms with Gasteiger partial charge in [-0.15, -0.1) is 0 Å². The second-order valence-electron chi connectivity index (χ2n) is 11.3. The summed E-state index contributed by atoms with van der Waals surface area (Å²) in [5.41, 5.74) is 3.72. The van der Waals surface area contributed by atoms with Crippen molar-refractivity contribution in [2.75, 3.05) is 32.8 Å². The molecule has 1 aromatic heterocycles. The number of nitrogens with one attached hydrogen (secondary N) is 1. The predicted molar refractivity (Wildman–Crippen MR) is 147 cm³/mol. The van der Waals surface area contributed by atoms with Gasteiger partial charge in [-0.05, 0) is 94.2 Å². The van der Waals surface area contributed by atoms with E-state index < -0.39 is 5.60 Å². The Labute approximate surface area is 224 Å². The Hall–Kier alpha value is -3.55. The zero-order chi connectivity index (χ0) is 26.7. The molecule has 8 nitrogen and oxygen atoms in total. The standard InChI is InChI=1S/C30H38N4O4/c1-30(2,3)38-29(36)34-16-14-33(15-17-34)28(35)27-31-25-13-10-21(19-26(25)32-27)7-4-5-18-37-24-9-6-8-23(20-24)22-11-12-22/h6,8-10,13,19-20,22H,4-5,7,11-12,14-18H2,1-3H3,(H,31,32). The monoisotopic (exact) mass is 518 g/mol. The molecule has 1 saturated heterocycles. The number of piperazine rings is 1. The summed E-state index contributed by atoms with van der Waals surface area (Å²) in [6, 6.07) is 14.6. The number of amides is 2. The smallest absolute Gasteiger partial charge is 0.410 e. The van der Waals surface area contributed by atoms with Gasteiger partial charge >= 0.3 is 6.09 Å². The molecule has 2 fully saturated rings. The van der Waals surface area contributed by atoms with E-state index in [1.54, 1.807) is 9.80 Å². The third-order valence-corrected chi connectivity index (χ3v) is 7.00. The molecule has 38 heavy (non-hydrogen) atoms. The van der Waals surface area contributed by atoms with E-state index in [0.29, 0.717) is 38.6 Å². The van der Waals surface area contributed by atoms with Crippen LogP contribution < -0.4 is 4.74 Å². The van der Waals surface area contributed by atoms with Gasteiger partial charge in [0.1, 0.15) is 11.4 Å². The zero-order valence-corrected chi connectivity index (χ0v) is 22.7. The number of rotatable bonds is 8. The second-order valence-corrected chi connectivity index (χ2v) is 11.3. The maximum Gasteiger partial charge on any atom is 0.410 e. The van der Waals surface area contributed by atoms with Crippen molar-refractivity contribution in [3.05, 3.63) is 59.4 Å². The fourth-order valence-electron chi connectivity index (χ4n) is 4.78. The molecule has 2 aliphatic rings. The van der Waals surface area contributed by atoms with Crippen LogP contribution in [0, 0.1) is 0 Å². The average Bonchev–Trinajstić information content (AvgIpc) is 3.66. The minimum absolute atomic E-state index is 0.144. The highest BCUT2D eigenvalue weighted by molar-refractivity contribution is 5.94. The highest BCUT2D eigenvalue weighted by atomic mass is 16.6. The van der Waals surface area contributed by atoms with Crippen molar-refractivity contribution in [3.8, 4) is 5.75 Å². The molecule has 2 aromatic carbocycles. The lowest BCUT2D eigenvalue weighted by Gasteiger charge is -2.35. The fourth-order valence-corrected chi connectivity index (χ4v) is 4.78. The van der Waals surface area contributed by atoms with Crippen LogP contribution in [0.5, 0.6) is 5.75 Å². The quantitative estimate of drug-likeness (QED) is 0.396. The first-order chi connectivity index (χ1) is 18.2. The molecule has 1 saturated carbocycles. The van der Waals surface area contributed by atoms with Crippen LogP contribution in [-0.4, -0.2) is 70.2 Å². The van der Waals surface area contributed by atoms with Crippen LogP contribution in [0.3, 0.4) is 0 Å². The molecule has 0 radical (unpaired) electrons. The maximum absolute atomic E-state index is 13.1. The second kappa shape index (κ2) is 11.1. The lowest BCUT2D eigenvalue weighted by Crippen LogP contribution is -2.51. The van der Waals surface area contributed by atoms with Crippen LogP contribution in [0.4, 0.5) is 4.79 Å². The van der Waals surface area contributed by atoms with Crippen molar-refractivity contribution < 1.29 is 19.1 Å². The van der Waals surface area contributed by atoms with Crippen molar-refractivity contribution >= 4 is 23.0 Å². The van der Waals surface area contributed by atoms with Crippen LogP contribution in [0.1, 0.15) is 74.1 Å². The molecule has 0 bridgehead atoms. The highest BCUT2D eigenvalue weighted by Gasteiger charge is 2.29. The molecule has 5 rings (SSSR count). The molecule has 0 unspecified atom stereocenters. The largest absolute Gasteiger partial charge is 0.494 e. The van der Waals surface area contributed by atoms with Gasteiger partial charge in [0, 0.05) is 26.2 Å². The molecule has 0 atom stereocenters. The van der Waals surface area contributed by atoms with Gasteiger partial charge < -0.3 is 24.3 Å². The van der Waals surface area contributed by atoms with E-state index in [2.05, 4.69) is 40.3 Å². The summed E-state index contributed by atoms with van der Waals surface area (Å²) in [4.78, 5) is 36.5. The highest BCUT2D eigenvalue weighted by Crippen LogP contribution is 2.40. The summed E-state index contributed by atoms with van der Waals surface area (Å²) in [5, 5.41) is 0. The predicted octanol–water partition coefficient (Wildman–Crippen LogP) is 5.53. The Morgan fingerprint density at radius 2 is 1.76 bits per heavy atom. The number of carbonyl (C=O) groups is 2. The van der Waals surface area contributed by atoms with E-state index in [9.17, 15) is 9.59 Å². The first-order valence-electron chi connectivity index (χ1n) is 13.7.